The highest BCUT2D eigenvalue weighted by Crippen LogP contribution is 2.23. The van der Waals surface area contributed by atoms with Crippen LogP contribution < -0.4 is 5.32 Å². The molecule has 92 valence electrons. The summed E-state index contributed by atoms with van der Waals surface area (Å²) in [6.07, 6.45) is 2.38. The Labute approximate surface area is 101 Å². The van der Waals surface area contributed by atoms with E-state index in [2.05, 4.69) is 21.5 Å². The van der Waals surface area contributed by atoms with Crippen LogP contribution in [0.3, 0.4) is 0 Å². The Balaban J connectivity index is 2.23. The molecule has 1 N–H and O–H groups in total. The highest BCUT2D eigenvalue weighted by molar-refractivity contribution is 5.24. The van der Waals surface area contributed by atoms with Gasteiger partial charge in [-0.25, -0.2) is 4.98 Å². The normalized spacial score (nSPS) is 12.9. The van der Waals surface area contributed by atoms with E-state index in [9.17, 15) is 0 Å². The molecule has 0 bridgehead atoms. The summed E-state index contributed by atoms with van der Waals surface area (Å²) in [6.45, 7) is 3.95. The molecule has 2 heterocycles. The first-order chi connectivity index (χ1) is 8.11. The maximum absolute atomic E-state index is 5.56. The number of rotatable bonds is 4. The second-order valence-corrected chi connectivity index (χ2v) is 4.21. The zero-order valence-electron chi connectivity index (χ0n) is 10.7. The van der Waals surface area contributed by atoms with Crippen molar-refractivity contribution >= 4 is 0 Å². The Hall–Kier alpha value is -1.62. The molecule has 2 aromatic rings. The first kappa shape index (κ1) is 11.9. The quantitative estimate of drug-likeness (QED) is 0.871. The Morgan fingerprint density at radius 1 is 1.47 bits per heavy atom. The zero-order chi connectivity index (χ0) is 12.4. The highest BCUT2D eigenvalue weighted by atomic mass is 16.3. The highest BCUT2D eigenvalue weighted by Gasteiger charge is 2.18. The Bertz CT molecular complexity index is 500. The number of nitrogens with zero attached hydrogens (tertiary/aromatic N) is 3. The van der Waals surface area contributed by atoms with E-state index in [0.29, 0.717) is 0 Å². The molecule has 0 aliphatic heterocycles. The minimum Gasteiger partial charge on any atom is -0.466 e. The number of hydrogen-bond acceptors (Lipinski definition) is 4. The average molecular weight is 234 g/mol. The van der Waals surface area contributed by atoms with Gasteiger partial charge in [0, 0.05) is 25.1 Å². The van der Waals surface area contributed by atoms with Crippen molar-refractivity contribution in [2.24, 2.45) is 7.05 Å². The summed E-state index contributed by atoms with van der Waals surface area (Å²) in [6, 6.07) is 2.28. The van der Waals surface area contributed by atoms with Gasteiger partial charge in [-0.05, 0) is 27.0 Å². The van der Waals surface area contributed by atoms with Gasteiger partial charge in [0.25, 0.3) is 0 Å². The number of likely N-dealkylation sites (N-methyl/N-ethyl adjacent to an activating group) is 1. The van der Waals surface area contributed by atoms with Gasteiger partial charge in [-0.1, -0.05) is 0 Å². The van der Waals surface area contributed by atoms with Crippen molar-refractivity contribution in [2.45, 2.75) is 26.3 Å². The first-order valence-electron chi connectivity index (χ1n) is 5.69. The van der Waals surface area contributed by atoms with Crippen LogP contribution in [0.15, 0.2) is 16.8 Å². The zero-order valence-corrected chi connectivity index (χ0v) is 10.7. The van der Waals surface area contributed by atoms with Crippen LogP contribution in [0.1, 0.15) is 29.0 Å². The first-order valence-corrected chi connectivity index (χ1v) is 5.69. The minimum atomic E-state index is 0.204. The number of aromatic nitrogens is 3. The second kappa shape index (κ2) is 4.71. The molecule has 0 aliphatic rings. The van der Waals surface area contributed by atoms with Crippen molar-refractivity contribution in [1.82, 2.24) is 20.1 Å². The predicted molar refractivity (Wildman–Crippen MR) is 64.7 cm³/mol. The van der Waals surface area contributed by atoms with Crippen LogP contribution in [0.2, 0.25) is 0 Å². The van der Waals surface area contributed by atoms with Crippen LogP contribution in [0.5, 0.6) is 0 Å². The fourth-order valence-electron chi connectivity index (χ4n) is 2.05. The molecule has 0 saturated carbocycles. The number of nitrogens with one attached hydrogen (secondary N) is 1. The third-order valence-electron chi connectivity index (χ3n) is 3.00. The van der Waals surface area contributed by atoms with Crippen molar-refractivity contribution in [1.29, 1.82) is 0 Å². The largest absolute Gasteiger partial charge is 0.466 e. The molecular weight excluding hydrogens is 216 g/mol. The molecule has 1 unspecified atom stereocenters. The van der Waals surface area contributed by atoms with Crippen LogP contribution in [0.4, 0.5) is 0 Å². The summed E-state index contributed by atoms with van der Waals surface area (Å²) >= 11 is 0. The van der Waals surface area contributed by atoms with E-state index >= 15 is 0 Å². The van der Waals surface area contributed by atoms with Gasteiger partial charge < -0.3 is 9.73 Å². The Morgan fingerprint density at radius 3 is 2.71 bits per heavy atom. The van der Waals surface area contributed by atoms with E-state index in [1.165, 1.54) is 5.56 Å². The molecule has 5 nitrogen and oxygen atoms in total. The molecule has 2 rings (SSSR count). The molecule has 0 aromatic carbocycles. The average Bonchev–Trinajstić information content (AvgIpc) is 2.82. The van der Waals surface area contributed by atoms with E-state index in [4.69, 9.17) is 4.42 Å². The lowest BCUT2D eigenvalue weighted by Crippen LogP contribution is -2.20. The summed E-state index contributed by atoms with van der Waals surface area (Å²) in [7, 11) is 3.85. The van der Waals surface area contributed by atoms with Gasteiger partial charge in [0.05, 0.1) is 0 Å². The van der Waals surface area contributed by atoms with Crippen molar-refractivity contribution < 1.29 is 4.42 Å². The van der Waals surface area contributed by atoms with Crippen LogP contribution >= 0.6 is 0 Å². The monoisotopic (exact) mass is 234 g/mol. The van der Waals surface area contributed by atoms with Crippen molar-refractivity contribution in [3.05, 3.63) is 35.3 Å². The van der Waals surface area contributed by atoms with Crippen LogP contribution in [-0.2, 0) is 13.5 Å². The maximum atomic E-state index is 5.56. The summed E-state index contributed by atoms with van der Waals surface area (Å²) < 4.78 is 7.36. The maximum Gasteiger partial charge on any atom is 0.138 e. The lowest BCUT2D eigenvalue weighted by molar-refractivity contribution is 0.486. The minimum absolute atomic E-state index is 0.204. The van der Waals surface area contributed by atoms with Gasteiger partial charge in [0.1, 0.15) is 23.7 Å². The molecule has 5 heteroatoms. The van der Waals surface area contributed by atoms with E-state index in [0.717, 1.165) is 23.8 Å². The Kier molecular flexibility index (Phi) is 3.28. The van der Waals surface area contributed by atoms with Crippen molar-refractivity contribution in [2.75, 3.05) is 7.05 Å². The molecule has 0 fully saturated rings. The molecule has 17 heavy (non-hydrogen) atoms. The van der Waals surface area contributed by atoms with E-state index in [1.54, 1.807) is 11.0 Å². The molecule has 0 spiro atoms. The third-order valence-corrected chi connectivity index (χ3v) is 3.00. The number of furan rings is 1. The van der Waals surface area contributed by atoms with Gasteiger partial charge in [0.2, 0.25) is 0 Å². The van der Waals surface area contributed by atoms with Crippen molar-refractivity contribution in [3.8, 4) is 0 Å². The van der Waals surface area contributed by atoms with Crippen LogP contribution in [-0.4, -0.2) is 21.8 Å². The molecule has 0 radical (unpaired) electrons. The SMILES string of the molecule is CNC(Cc1ncnn1C)c1cc(C)oc1C. The smallest absolute Gasteiger partial charge is 0.138 e. The molecule has 2 aromatic heterocycles. The van der Waals surface area contributed by atoms with E-state index in [1.807, 2.05) is 27.9 Å². The molecule has 1 atom stereocenters. The summed E-state index contributed by atoms with van der Waals surface area (Å²) in [5.74, 6) is 2.86. The van der Waals surface area contributed by atoms with Crippen molar-refractivity contribution in [3.63, 3.8) is 0 Å². The fraction of sp³-hybridized carbons (Fsp3) is 0.500. The van der Waals surface area contributed by atoms with E-state index < -0.39 is 0 Å². The summed E-state index contributed by atoms with van der Waals surface area (Å²) in [5.41, 5.74) is 1.19. The predicted octanol–water partition coefficient (Wildman–Crippen LogP) is 1.53. The number of aryl methyl sites for hydroxylation is 3. The molecule has 0 saturated heterocycles. The number of hydrogen-bond donors (Lipinski definition) is 1. The van der Waals surface area contributed by atoms with Gasteiger partial charge in [-0.2, -0.15) is 5.10 Å². The molecular formula is C12H18N4O. The summed E-state index contributed by atoms with van der Waals surface area (Å²) in [5, 5.41) is 7.38. The van der Waals surface area contributed by atoms with E-state index in [-0.39, 0.29) is 6.04 Å². The third kappa shape index (κ3) is 2.39. The standard InChI is InChI=1S/C12H18N4O/c1-8-5-10(9(2)17-8)11(13-3)6-12-14-7-15-16(12)4/h5,7,11,13H,6H2,1-4H3. The topological polar surface area (TPSA) is 55.9 Å². The van der Waals surface area contributed by atoms with Gasteiger partial charge >= 0.3 is 0 Å². The van der Waals surface area contributed by atoms with Gasteiger partial charge in [-0.3, -0.25) is 4.68 Å². The second-order valence-electron chi connectivity index (χ2n) is 4.21. The lowest BCUT2D eigenvalue weighted by atomic mass is 10.0. The summed E-state index contributed by atoms with van der Waals surface area (Å²) in [4.78, 5) is 4.25. The lowest BCUT2D eigenvalue weighted by Gasteiger charge is -2.14. The van der Waals surface area contributed by atoms with Gasteiger partial charge in [-0.15, -0.1) is 0 Å². The van der Waals surface area contributed by atoms with Crippen LogP contribution in [0, 0.1) is 13.8 Å². The Morgan fingerprint density at radius 2 is 2.24 bits per heavy atom. The molecule has 0 amide bonds. The van der Waals surface area contributed by atoms with Crippen LogP contribution in [0.25, 0.3) is 0 Å². The fourth-order valence-corrected chi connectivity index (χ4v) is 2.05. The molecule has 0 aliphatic carbocycles. The van der Waals surface area contributed by atoms with Gasteiger partial charge in [0.15, 0.2) is 0 Å².